The number of carbonyl (C=O) groups excluding carboxylic acids is 1. The van der Waals surface area contributed by atoms with Crippen LogP contribution in [0.2, 0.25) is 0 Å². The molecule has 1 amide bonds. The van der Waals surface area contributed by atoms with Gasteiger partial charge in [0.1, 0.15) is 5.75 Å². The van der Waals surface area contributed by atoms with Gasteiger partial charge in [0.2, 0.25) is 0 Å². The van der Waals surface area contributed by atoms with Gasteiger partial charge in [-0.1, -0.05) is 18.2 Å². The Morgan fingerprint density at radius 1 is 1.37 bits per heavy atom. The van der Waals surface area contributed by atoms with Crippen molar-refractivity contribution in [2.24, 2.45) is 0 Å². The third kappa shape index (κ3) is 3.45. The number of aryl methyl sites for hydroxylation is 1. The van der Waals surface area contributed by atoms with Gasteiger partial charge in [0.05, 0.1) is 18.2 Å². The van der Waals surface area contributed by atoms with Gasteiger partial charge < -0.3 is 20.3 Å². The number of ether oxygens (including phenoxy) is 1. The van der Waals surface area contributed by atoms with Gasteiger partial charge in [-0.3, -0.25) is 4.79 Å². The van der Waals surface area contributed by atoms with Gasteiger partial charge in [-0.15, -0.1) is 0 Å². The molecule has 0 bridgehead atoms. The highest BCUT2D eigenvalue weighted by Crippen LogP contribution is 2.20. The molecular weight excluding hydrogens is 246 g/mol. The van der Waals surface area contributed by atoms with Crippen molar-refractivity contribution in [3.8, 4) is 5.75 Å². The van der Waals surface area contributed by atoms with Crippen molar-refractivity contribution in [1.82, 2.24) is 5.32 Å². The predicted molar refractivity (Wildman–Crippen MR) is 69.9 cm³/mol. The highest BCUT2D eigenvalue weighted by Gasteiger charge is 2.34. The minimum Gasteiger partial charge on any atom is -0.484 e. The topological polar surface area (TPSA) is 78.8 Å². The maximum absolute atomic E-state index is 11.7. The first-order chi connectivity index (χ1) is 9.08. The quantitative estimate of drug-likeness (QED) is 0.735. The van der Waals surface area contributed by atoms with E-state index in [1.54, 1.807) is 6.07 Å². The molecule has 1 aromatic rings. The fraction of sp³-hybridized carbons (Fsp3) is 0.500. The Kier molecular flexibility index (Phi) is 4.39. The fourth-order valence-electron chi connectivity index (χ4n) is 2.23. The number of carbonyl (C=O) groups is 1. The molecule has 3 N–H and O–H groups in total. The molecule has 19 heavy (non-hydrogen) atoms. The van der Waals surface area contributed by atoms with Gasteiger partial charge >= 0.3 is 0 Å². The Bertz CT molecular complexity index is 449. The van der Waals surface area contributed by atoms with Crippen molar-refractivity contribution < 1.29 is 19.7 Å². The molecule has 1 fully saturated rings. The molecule has 2 rings (SSSR count). The molecule has 0 heterocycles. The zero-order valence-corrected chi connectivity index (χ0v) is 10.9. The van der Waals surface area contributed by atoms with Crippen LogP contribution < -0.4 is 10.1 Å². The predicted octanol–water partition coefficient (Wildman–Crippen LogP) is 0.374. The molecule has 0 aliphatic heterocycles. The molecule has 1 saturated carbocycles. The number of rotatable bonds is 4. The standard InChI is InChI=1S/C14H19NO4/c1-9-4-2-3-5-12(9)19-8-13(17)15-10-6-7-11(16)14(10)18/h2-5,10-11,14,16,18H,6-8H2,1H3,(H,15,17)/t10-,11-,14-/m1/s1. The van der Waals surface area contributed by atoms with Gasteiger partial charge in [0.15, 0.2) is 6.61 Å². The van der Waals surface area contributed by atoms with Gasteiger partial charge in [-0.05, 0) is 31.4 Å². The lowest BCUT2D eigenvalue weighted by Gasteiger charge is -2.18. The van der Waals surface area contributed by atoms with Gasteiger partial charge in [-0.2, -0.15) is 0 Å². The number of benzene rings is 1. The second-order valence-electron chi connectivity index (χ2n) is 4.86. The molecule has 3 atom stereocenters. The summed E-state index contributed by atoms with van der Waals surface area (Å²) in [7, 11) is 0. The van der Waals surface area contributed by atoms with E-state index in [1.165, 1.54) is 0 Å². The van der Waals surface area contributed by atoms with E-state index in [4.69, 9.17) is 4.74 Å². The summed E-state index contributed by atoms with van der Waals surface area (Å²) < 4.78 is 5.41. The highest BCUT2D eigenvalue weighted by atomic mass is 16.5. The van der Waals surface area contributed by atoms with Crippen molar-refractivity contribution in [1.29, 1.82) is 0 Å². The van der Waals surface area contributed by atoms with Crippen LogP contribution in [0.5, 0.6) is 5.75 Å². The lowest BCUT2D eigenvalue weighted by Crippen LogP contribution is -2.44. The molecule has 5 nitrogen and oxygen atoms in total. The Balaban J connectivity index is 1.81. The first-order valence-electron chi connectivity index (χ1n) is 6.42. The Morgan fingerprint density at radius 3 is 2.74 bits per heavy atom. The number of amides is 1. The van der Waals surface area contributed by atoms with Gasteiger partial charge in [0.25, 0.3) is 5.91 Å². The van der Waals surface area contributed by atoms with E-state index in [0.717, 1.165) is 5.56 Å². The van der Waals surface area contributed by atoms with Crippen LogP contribution >= 0.6 is 0 Å². The number of para-hydroxylation sites is 1. The fourth-order valence-corrected chi connectivity index (χ4v) is 2.23. The minimum absolute atomic E-state index is 0.0931. The third-order valence-electron chi connectivity index (χ3n) is 3.38. The summed E-state index contributed by atoms with van der Waals surface area (Å²) in [6.45, 7) is 1.81. The summed E-state index contributed by atoms with van der Waals surface area (Å²) in [6, 6.07) is 7.07. The van der Waals surface area contributed by atoms with E-state index >= 15 is 0 Å². The molecular formula is C14H19NO4. The summed E-state index contributed by atoms with van der Waals surface area (Å²) in [5.41, 5.74) is 0.964. The summed E-state index contributed by atoms with van der Waals surface area (Å²) in [5, 5.41) is 21.7. The molecule has 0 spiro atoms. The second-order valence-corrected chi connectivity index (χ2v) is 4.86. The largest absolute Gasteiger partial charge is 0.484 e. The van der Waals surface area contributed by atoms with E-state index in [2.05, 4.69) is 5.32 Å². The monoisotopic (exact) mass is 265 g/mol. The zero-order valence-electron chi connectivity index (χ0n) is 10.9. The zero-order chi connectivity index (χ0) is 13.8. The van der Waals surface area contributed by atoms with Crippen molar-refractivity contribution in [2.75, 3.05) is 6.61 Å². The van der Waals surface area contributed by atoms with Crippen LogP contribution in [0.3, 0.4) is 0 Å². The van der Waals surface area contributed by atoms with Crippen molar-refractivity contribution in [2.45, 2.75) is 38.0 Å². The summed E-state index contributed by atoms with van der Waals surface area (Å²) in [4.78, 5) is 11.7. The second kappa shape index (κ2) is 6.04. The summed E-state index contributed by atoms with van der Waals surface area (Å²) in [5.74, 6) is 0.381. The van der Waals surface area contributed by atoms with Crippen LogP contribution in [0.4, 0.5) is 0 Å². The number of hydrogen-bond acceptors (Lipinski definition) is 4. The first kappa shape index (κ1) is 13.8. The van der Waals surface area contributed by atoms with Gasteiger partial charge in [0, 0.05) is 0 Å². The SMILES string of the molecule is Cc1ccccc1OCC(=O)N[C@@H]1CC[C@@H](O)[C@@H]1O. The molecule has 0 radical (unpaired) electrons. The molecule has 1 aliphatic rings. The Morgan fingerprint density at radius 2 is 2.11 bits per heavy atom. The lowest BCUT2D eigenvalue weighted by atomic mass is 10.2. The number of aliphatic hydroxyl groups is 2. The number of nitrogens with one attached hydrogen (secondary N) is 1. The molecule has 0 unspecified atom stereocenters. The van der Waals surface area contributed by atoms with Crippen LogP contribution in [-0.2, 0) is 4.79 Å². The average Bonchev–Trinajstić information content (AvgIpc) is 2.70. The molecule has 0 saturated heterocycles. The van der Waals surface area contributed by atoms with Crippen molar-refractivity contribution in [3.05, 3.63) is 29.8 Å². The molecule has 0 aromatic heterocycles. The Labute approximate surface area is 112 Å². The van der Waals surface area contributed by atoms with E-state index in [1.807, 2.05) is 25.1 Å². The normalized spacial score (nSPS) is 26.2. The molecule has 1 aromatic carbocycles. The Hall–Kier alpha value is -1.59. The van der Waals surface area contributed by atoms with Crippen molar-refractivity contribution in [3.63, 3.8) is 0 Å². The van der Waals surface area contributed by atoms with E-state index in [-0.39, 0.29) is 18.6 Å². The third-order valence-corrected chi connectivity index (χ3v) is 3.38. The van der Waals surface area contributed by atoms with Crippen molar-refractivity contribution >= 4 is 5.91 Å². The smallest absolute Gasteiger partial charge is 0.258 e. The maximum Gasteiger partial charge on any atom is 0.258 e. The number of hydrogen-bond donors (Lipinski definition) is 3. The van der Waals surface area contributed by atoms with Crippen LogP contribution in [0, 0.1) is 6.92 Å². The average molecular weight is 265 g/mol. The lowest BCUT2D eigenvalue weighted by molar-refractivity contribution is -0.124. The van der Waals surface area contributed by atoms with Crippen LogP contribution in [0.1, 0.15) is 18.4 Å². The highest BCUT2D eigenvalue weighted by molar-refractivity contribution is 5.78. The number of aliphatic hydroxyl groups excluding tert-OH is 2. The van der Waals surface area contributed by atoms with Crippen LogP contribution in [-0.4, -0.2) is 41.0 Å². The summed E-state index contributed by atoms with van der Waals surface area (Å²) >= 11 is 0. The van der Waals surface area contributed by atoms with Crippen LogP contribution in [0.25, 0.3) is 0 Å². The van der Waals surface area contributed by atoms with E-state index in [9.17, 15) is 15.0 Å². The maximum atomic E-state index is 11.7. The summed E-state index contributed by atoms with van der Waals surface area (Å²) in [6.07, 6.45) is -0.548. The van der Waals surface area contributed by atoms with Gasteiger partial charge in [-0.25, -0.2) is 0 Å². The van der Waals surface area contributed by atoms with Crippen LogP contribution in [0.15, 0.2) is 24.3 Å². The molecule has 104 valence electrons. The van der Waals surface area contributed by atoms with E-state index < -0.39 is 12.2 Å². The van der Waals surface area contributed by atoms with E-state index in [0.29, 0.717) is 18.6 Å². The minimum atomic E-state index is -0.887. The molecule has 5 heteroatoms. The first-order valence-corrected chi connectivity index (χ1v) is 6.42. The molecule has 1 aliphatic carbocycles.